The zero-order valence-corrected chi connectivity index (χ0v) is 15.9. The summed E-state index contributed by atoms with van der Waals surface area (Å²) in [5.74, 6) is 1.36. The van der Waals surface area contributed by atoms with E-state index in [1.54, 1.807) is 0 Å². The van der Waals surface area contributed by atoms with Crippen LogP contribution < -0.4 is 0 Å². The molecule has 2 aromatic rings. The van der Waals surface area contributed by atoms with E-state index in [9.17, 15) is 4.79 Å². The number of carbonyl (C=O) groups is 1. The van der Waals surface area contributed by atoms with E-state index in [-0.39, 0.29) is 30.5 Å². The highest BCUT2D eigenvalue weighted by Crippen LogP contribution is 2.30. The van der Waals surface area contributed by atoms with Gasteiger partial charge in [0.1, 0.15) is 0 Å². The van der Waals surface area contributed by atoms with Crippen LogP contribution in [-0.2, 0) is 16.0 Å². The first kappa shape index (κ1) is 18.6. The molecular formula is C20H27N3O3. The van der Waals surface area contributed by atoms with Crippen molar-refractivity contribution < 1.29 is 14.1 Å². The average Bonchev–Trinajstić information content (AvgIpc) is 3.02. The highest BCUT2D eigenvalue weighted by Gasteiger charge is 2.28. The fourth-order valence-corrected chi connectivity index (χ4v) is 3.57. The molecule has 6 nitrogen and oxygen atoms in total. The molecule has 140 valence electrons. The van der Waals surface area contributed by atoms with Crippen molar-refractivity contribution in [3.05, 3.63) is 47.6 Å². The highest BCUT2D eigenvalue weighted by molar-refractivity contribution is 5.78. The van der Waals surface area contributed by atoms with Crippen molar-refractivity contribution in [2.45, 2.75) is 52.2 Å². The summed E-state index contributed by atoms with van der Waals surface area (Å²) in [5, 5.41) is 4.05. The fraction of sp³-hybridized carbons (Fsp3) is 0.550. The molecular weight excluding hydrogens is 330 g/mol. The summed E-state index contributed by atoms with van der Waals surface area (Å²) in [6, 6.07) is 10.1. The number of amides is 1. The Balaban J connectivity index is 1.71. The Hall–Kier alpha value is -2.21. The van der Waals surface area contributed by atoms with Crippen molar-refractivity contribution in [1.29, 1.82) is 0 Å². The third kappa shape index (κ3) is 4.30. The van der Waals surface area contributed by atoms with Crippen molar-refractivity contribution in [3.63, 3.8) is 0 Å². The molecule has 0 spiro atoms. The average molecular weight is 357 g/mol. The van der Waals surface area contributed by atoms with Gasteiger partial charge in [-0.25, -0.2) is 0 Å². The molecule has 1 fully saturated rings. The maximum Gasteiger partial charge on any atom is 0.234 e. The van der Waals surface area contributed by atoms with E-state index in [2.05, 4.69) is 36.1 Å². The molecule has 1 aromatic heterocycles. The molecule has 0 bridgehead atoms. The number of hydrogen-bond acceptors (Lipinski definition) is 5. The summed E-state index contributed by atoms with van der Waals surface area (Å²) in [6.45, 7) is 9.43. The molecule has 3 atom stereocenters. The van der Waals surface area contributed by atoms with Gasteiger partial charge >= 0.3 is 0 Å². The molecule has 1 aromatic carbocycles. The van der Waals surface area contributed by atoms with Gasteiger partial charge in [-0.1, -0.05) is 49.3 Å². The Morgan fingerprint density at radius 1 is 1.19 bits per heavy atom. The van der Waals surface area contributed by atoms with Crippen molar-refractivity contribution in [1.82, 2.24) is 15.0 Å². The standard InChI is InChI=1S/C20H27N3O3/c1-13(2)19(16-8-6-5-7-9-16)20-21-17(22-26-20)10-18(24)23-11-14(3)25-15(4)12-23/h5-9,13-15,19H,10-12H2,1-4H3. The van der Waals surface area contributed by atoms with Gasteiger partial charge in [-0.2, -0.15) is 4.98 Å². The summed E-state index contributed by atoms with van der Waals surface area (Å²) in [7, 11) is 0. The van der Waals surface area contributed by atoms with Crippen LogP contribution >= 0.6 is 0 Å². The molecule has 3 rings (SSSR count). The lowest BCUT2D eigenvalue weighted by Gasteiger charge is -2.35. The molecule has 0 saturated carbocycles. The molecule has 0 radical (unpaired) electrons. The van der Waals surface area contributed by atoms with Gasteiger partial charge in [0.05, 0.1) is 24.5 Å². The second kappa shape index (κ2) is 7.99. The van der Waals surface area contributed by atoms with Gasteiger partial charge in [-0.05, 0) is 25.3 Å². The van der Waals surface area contributed by atoms with Gasteiger partial charge in [0.15, 0.2) is 5.82 Å². The largest absolute Gasteiger partial charge is 0.372 e. The maximum absolute atomic E-state index is 12.6. The second-order valence-electron chi connectivity index (χ2n) is 7.41. The quantitative estimate of drug-likeness (QED) is 0.823. The molecule has 1 saturated heterocycles. The van der Waals surface area contributed by atoms with Gasteiger partial charge in [-0.15, -0.1) is 0 Å². The van der Waals surface area contributed by atoms with Crippen LogP contribution in [0, 0.1) is 5.92 Å². The normalized spacial score (nSPS) is 21.8. The molecule has 2 heterocycles. The van der Waals surface area contributed by atoms with Gasteiger partial charge in [-0.3, -0.25) is 4.79 Å². The van der Waals surface area contributed by atoms with Crippen LogP contribution in [0.1, 0.15) is 50.9 Å². The van der Waals surface area contributed by atoms with Crippen molar-refractivity contribution in [2.75, 3.05) is 13.1 Å². The highest BCUT2D eigenvalue weighted by atomic mass is 16.5. The number of carbonyl (C=O) groups excluding carboxylic acids is 1. The number of morpholine rings is 1. The van der Waals surface area contributed by atoms with Crippen molar-refractivity contribution >= 4 is 5.91 Å². The van der Waals surface area contributed by atoms with Crippen LogP contribution in [0.2, 0.25) is 0 Å². The van der Waals surface area contributed by atoms with Crippen molar-refractivity contribution in [2.24, 2.45) is 5.92 Å². The lowest BCUT2D eigenvalue weighted by molar-refractivity contribution is -0.142. The first-order chi connectivity index (χ1) is 12.4. The molecule has 1 amide bonds. The van der Waals surface area contributed by atoms with Gasteiger partial charge in [0.25, 0.3) is 0 Å². The van der Waals surface area contributed by atoms with E-state index in [0.717, 1.165) is 5.56 Å². The van der Waals surface area contributed by atoms with Gasteiger partial charge in [0.2, 0.25) is 11.8 Å². The molecule has 0 N–H and O–H groups in total. The molecule has 1 aliphatic rings. The molecule has 0 aliphatic carbocycles. The lowest BCUT2D eigenvalue weighted by atomic mass is 9.88. The first-order valence-corrected chi connectivity index (χ1v) is 9.24. The summed E-state index contributed by atoms with van der Waals surface area (Å²) in [6.07, 6.45) is 0.251. The smallest absolute Gasteiger partial charge is 0.234 e. The topological polar surface area (TPSA) is 68.5 Å². The lowest BCUT2D eigenvalue weighted by Crippen LogP contribution is -2.48. The van der Waals surface area contributed by atoms with E-state index in [1.807, 2.05) is 36.9 Å². The van der Waals surface area contributed by atoms with Crippen LogP contribution in [0.5, 0.6) is 0 Å². The summed E-state index contributed by atoms with van der Waals surface area (Å²) >= 11 is 0. The Kier molecular flexibility index (Phi) is 5.71. The Morgan fingerprint density at radius 2 is 1.85 bits per heavy atom. The zero-order chi connectivity index (χ0) is 18.7. The number of hydrogen-bond donors (Lipinski definition) is 0. The van der Waals surface area contributed by atoms with Crippen LogP contribution in [0.4, 0.5) is 0 Å². The molecule has 3 unspecified atom stereocenters. The first-order valence-electron chi connectivity index (χ1n) is 9.24. The van der Waals surface area contributed by atoms with Crippen LogP contribution in [0.3, 0.4) is 0 Å². The minimum atomic E-state index is 0.0140. The van der Waals surface area contributed by atoms with Gasteiger partial charge < -0.3 is 14.2 Å². The zero-order valence-electron chi connectivity index (χ0n) is 15.9. The van der Waals surface area contributed by atoms with Crippen molar-refractivity contribution in [3.8, 4) is 0 Å². The molecule has 1 aliphatic heterocycles. The van der Waals surface area contributed by atoms with E-state index < -0.39 is 0 Å². The van der Waals surface area contributed by atoms with E-state index in [4.69, 9.17) is 9.26 Å². The van der Waals surface area contributed by atoms with E-state index >= 15 is 0 Å². The third-order valence-corrected chi connectivity index (χ3v) is 4.66. The van der Waals surface area contributed by atoms with Crippen LogP contribution in [0.15, 0.2) is 34.9 Å². The Labute approximate surface area is 154 Å². The Bertz CT molecular complexity index is 719. The molecule has 26 heavy (non-hydrogen) atoms. The molecule has 6 heteroatoms. The monoisotopic (exact) mass is 357 g/mol. The second-order valence-corrected chi connectivity index (χ2v) is 7.41. The number of benzene rings is 1. The Morgan fingerprint density at radius 3 is 2.46 bits per heavy atom. The van der Waals surface area contributed by atoms with E-state index in [0.29, 0.717) is 30.7 Å². The number of rotatable bonds is 5. The number of ether oxygens (including phenoxy) is 1. The third-order valence-electron chi connectivity index (χ3n) is 4.66. The van der Waals surface area contributed by atoms with Crippen LogP contribution in [0.25, 0.3) is 0 Å². The predicted octanol–water partition coefficient (Wildman–Crippen LogP) is 3.04. The minimum Gasteiger partial charge on any atom is -0.372 e. The van der Waals surface area contributed by atoms with Gasteiger partial charge in [0, 0.05) is 13.1 Å². The van der Waals surface area contributed by atoms with E-state index in [1.165, 1.54) is 0 Å². The fourth-order valence-electron chi connectivity index (χ4n) is 3.57. The van der Waals surface area contributed by atoms with Crippen LogP contribution in [-0.4, -0.2) is 46.2 Å². The predicted molar refractivity (Wildman–Crippen MR) is 97.7 cm³/mol. The summed E-state index contributed by atoms with van der Waals surface area (Å²) in [5.41, 5.74) is 1.14. The number of nitrogens with zero attached hydrogens (tertiary/aromatic N) is 3. The minimum absolute atomic E-state index is 0.0140. The number of aromatic nitrogens is 2. The summed E-state index contributed by atoms with van der Waals surface area (Å²) in [4.78, 5) is 18.9. The maximum atomic E-state index is 12.6. The SMILES string of the molecule is CC1CN(C(=O)Cc2noc(C(c3ccccc3)C(C)C)n2)CC(C)O1. The summed E-state index contributed by atoms with van der Waals surface area (Å²) < 4.78 is 11.2.